The molecule has 0 aliphatic rings. The second-order valence-corrected chi connectivity index (χ2v) is 3.02. The van der Waals surface area contributed by atoms with Gasteiger partial charge < -0.3 is 10.2 Å². The van der Waals surface area contributed by atoms with Gasteiger partial charge in [0.2, 0.25) is 0 Å². The second-order valence-electron chi connectivity index (χ2n) is 3.02. The van der Waals surface area contributed by atoms with Crippen LogP contribution in [-0.4, -0.2) is 10.4 Å². The van der Waals surface area contributed by atoms with Crippen molar-refractivity contribution in [3.8, 4) is 0 Å². The molecule has 0 aliphatic heterocycles. The Bertz CT molecular complexity index is 565. The molecule has 0 unspecified atom stereocenters. The summed E-state index contributed by atoms with van der Waals surface area (Å²) < 4.78 is 6.31. The molecule has 0 aliphatic carbocycles. The van der Waals surface area contributed by atoms with Crippen LogP contribution in [0.25, 0.3) is 11.1 Å². The largest absolute Gasteiger partial charge is 0.419 e. The number of hydrogen-bond acceptors (Lipinski definition) is 3. The van der Waals surface area contributed by atoms with Crippen LogP contribution in [-0.2, 0) is 7.05 Å². The van der Waals surface area contributed by atoms with E-state index in [9.17, 15) is 4.79 Å². The first kappa shape index (κ1) is 8.55. The third-order valence-corrected chi connectivity index (χ3v) is 2.10. The molecule has 72 valence electrons. The zero-order valence-electron chi connectivity index (χ0n) is 7.57. The number of benzene rings is 1. The molecule has 2 aromatic rings. The molecule has 1 heterocycles. The van der Waals surface area contributed by atoms with Crippen LogP contribution in [0.2, 0.25) is 0 Å². The van der Waals surface area contributed by atoms with Crippen LogP contribution in [0, 0.1) is 5.41 Å². The molecule has 0 radical (unpaired) electrons. The number of amidine groups is 1. The van der Waals surface area contributed by atoms with E-state index in [0.29, 0.717) is 16.7 Å². The van der Waals surface area contributed by atoms with Gasteiger partial charge in [-0.25, -0.2) is 4.79 Å². The van der Waals surface area contributed by atoms with Gasteiger partial charge in [-0.15, -0.1) is 0 Å². The molecule has 0 fully saturated rings. The molecule has 5 heteroatoms. The maximum Gasteiger partial charge on any atom is 0.419 e. The van der Waals surface area contributed by atoms with Crippen LogP contribution in [0.4, 0.5) is 0 Å². The first-order valence-electron chi connectivity index (χ1n) is 4.03. The number of oxazole rings is 1. The number of nitrogens with zero attached hydrogens (tertiary/aromatic N) is 1. The van der Waals surface area contributed by atoms with Gasteiger partial charge in [0.15, 0.2) is 5.58 Å². The normalized spacial score (nSPS) is 10.6. The fraction of sp³-hybridized carbons (Fsp3) is 0.111. The van der Waals surface area contributed by atoms with Crippen molar-refractivity contribution in [3.63, 3.8) is 0 Å². The third kappa shape index (κ3) is 1.10. The molecule has 0 atom stereocenters. The van der Waals surface area contributed by atoms with Crippen molar-refractivity contribution in [2.75, 3.05) is 0 Å². The van der Waals surface area contributed by atoms with Gasteiger partial charge in [-0.2, -0.15) is 0 Å². The Hall–Kier alpha value is -2.04. The third-order valence-electron chi connectivity index (χ3n) is 2.10. The lowest BCUT2D eigenvalue weighted by Gasteiger charge is -1.97. The number of nitrogens with one attached hydrogen (secondary N) is 1. The van der Waals surface area contributed by atoms with Crippen molar-refractivity contribution in [1.29, 1.82) is 5.41 Å². The Balaban J connectivity index is 2.82. The molecule has 5 nitrogen and oxygen atoms in total. The maximum atomic E-state index is 11.1. The van der Waals surface area contributed by atoms with E-state index in [4.69, 9.17) is 15.6 Å². The van der Waals surface area contributed by atoms with Crippen LogP contribution in [0.1, 0.15) is 5.56 Å². The lowest BCUT2D eigenvalue weighted by molar-refractivity contribution is 0.528. The number of nitrogens with two attached hydrogens (primary N) is 1. The van der Waals surface area contributed by atoms with Gasteiger partial charge in [-0.3, -0.25) is 9.98 Å². The Morgan fingerprint density at radius 1 is 1.57 bits per heavy atom. The van der Waals surface area contributed by atoms with Crippen LogP contribution >= 0.6 is 0 Å². The first-order valence-corrected chi connectivity index (χ1v) is 4.03. The topological polar surface area (TPSA) is 85.0 Å². The SMILES string of the molecule is Cn1c(=O)oc2ccc(C(=N)N)cc21. The van der Waals surface area contributed by atoms with Crippen molar-refractivity contribution in [3.05, 3.63) is 34.3 Å². The Labute approximate surface area is 79.3 Å². The van der Waals surface area contributed by atoms with Crippen LogP contribution in [0.15, 0.2) is 27.4 Å². The van der Waals surface area contributed by atoms with E-state index in [0.717, 1.165) is 0 Å². The van der Waals surface area contributed by atoms with E-state index < -0.39 is 5.76 Å². The van der Waals surface area contributed by atoms with Gasteiger partial charge in [-0.1, -0.05) is 0 Å². The molecule has 3 N–H and O–H groups in total. The molecular formula is C9H9N3O2. The molecule has 0 spiro atoms. The van der Waals surface area contributed by atoms with E-state index in [-0.39, 0.29) is 5.84 Å². The van der Waals surface area contributed by atoms with Crippen molar-refractivity contribution < 1.29 is 4.42 Å². The minimum atomic E-state index is -0.416. The highest BCUT2D eigenvalue weighted by atomic mass is 16.4. The van der Waals surface area contributed by atoms with Crippen molar-refractivity contribution in [2.45, 2.75) is 0 Å². The van der Waals surface area contributed by atoms with Crippen molar-refractivity contribution in [1.82, 2.24) is 4.57 Å². The lowest BCUT2D eigenvalue weighted by atomic mass is 10.2. The van der Waals surface area contributed by atoms with E-state index in [1.165, 1.54) is 4.57 Å². The summed E-state index contributed by atoms with van der Waals surface area (Å²) in [5.74, 6) is -0.443. The minimum Gasteiger partial charge on any atom is -0.408 e. The van der Waals surface area contributed by atoms with E-state index in [1.54, 1.807) is 25.2 Å². The molecule has 14 heavy (non-hydrogen) atoms. The van der Waals surface area contributed by atoms with Crippen molar-refractivity contribution >= 4 is 16.9 Å². The molecule has 0 bridgehead atoms. The Morgan fingerprint density at radius 3 is 2.93 bits per heavy atom. The fourth-order valence-corrected chi connectivity index (χ4v) is 1.29. The van der Waals surface area contributed by atoms with Gasteiger partial charge >= 0.3 is 5.76 Å². The molecule has 1 aromatic heterocycles. The number of rotatable bonds is 1. The van der Waals surface area contributed by atoms with E-state index in [2.05, 4.69) is 0 Å². The maximum absolute atomic E-state index is 11.1. The molecule has 1 aromatic carbocycles. The van der Waals surface area contributed by atoms with Gasteiger partial charge in [0.05, 0.1) is 5.52 Å². The monoisotopic (exact) mass is 191 g/mol. The Kier molecular flexibility index (Phi) is 1.67. The summed E-state index contributed by atoms with van der Waals surface area (Å²) in [5, 5.41) is 7.25. The van der Waals surface area contributed by atoms with Crippen LogP contribution < -0.4 is 11.5 Å². The van der Waals surface area contributed by atoms with Crippen LogP contribution in [0.3, 0.4) is 0 Å². The summed E-state index contributed by atoms with van der Waals surface area (Å²) in [6, 6.07) is 4.93. The molecule has 0 saturated heterocycles. The van der Waals surface area contributed by atoms with Gasteiger partial charge in [0.1, 0.15) is 5.84 Å². The van der Waals surface area contributed by atoms with Crippen molar-refractivity contribution in [2.24, 2.45) is 12.8 Å². The highest BCUT2D eigenvalue weighted by Crippen LogP contribution is 2.13. The quantitative estimate of drug-likeness (QED) is 0.506. The number of aromatic nitrogens is 1. The summed E-state index contributed by atoms with van der Waals surface area (Å²) in [4.78, 5) is 11.1. The highest BCUT2D eigenvalue weighted by molar-refractivity contribution is 5.97. The average Bonchev–Trinajstić information content (AvgIpc) is 2.43. The van der Waals surface area contributed by atoms with Gasteiger partial charge in [-0.05, 0) is 18.2 Å². The van der Waals surface area contributed by atoms with E-state index in [1.807, 2.05) is 0 Å². The zero-order chi connectivity index (χ0) is 10.3. The van der Waals surface area contributed by atoms with Gasteiger partial charge in [0.25, 0.3) is 0 Å². The standard InChI is InChI=1S/C9H9N3O2/c1-12-6-4-5(8(10)11)2-3-7(6)14-9(12)13/h2-4H,1H3,(H3,10,11). The summed E-state index contributed by atoms with van der Waals surface area (Å²) in [6.07, 6.45) is 0. The van der Waals surface area contributed by atoms with Gasteiger partial charge in [0, 0.05) is 12.6 Å². The predicted molar refractivity (Wildman–Crippen MR) is 52.5 cm³/mol. The highest BCUT2D eigenvalue weighted by Gasteiger charge is 2.06. The smallest absolute Gasteiger partial charge is 0.408 e. The zero-order valence-corrected chi connectivity index (χ0v) is 7.57. The summed E-state index contributed by atoms with van der Waals surface area (Å²) >= 11 is 0. The average molecular weight is 191 g/mol. The molecule has 0 amide bonds. The van der Waals surface area contributed by atoms with E-state index >= 15 is 0 Å². The summed E-state index contributed by atoms with van der Waals surface area (Å²) in [5.41, 5.74) is 7.05. The first-order chi connectivity index (χ1) is 6.59. The fourth-order valence-electron chi connectivity index (χ4n) is 1.29. The number of nitrogen functional groups attached to an aromatic ring is 1. The lowest BCUT2D eigenvalue weighted by Crippen LogP contribution is -2.11. The number of hydrogen-bond donors (Lipinski definition) is 2. The summed E-state index contributed by atoms with van der Waals surface area (Å²) in [7, 11) is 1.61. The predicted octanol–water partition coefficient (Wildman–Crippen LogP) is 0.416. The molecule has 2 rings (SSSR count). The minimum absolute atomic E-state index is 0.0273. The number of aryl methyl sites for hydroxylation is 1. The molecular weight excluding hydrogens is 182 g/mol. The second kappa shape index (κ2) is 2.73. The Morgan fingerprint density at radius 2 is 2.29 bits per heavy atom. The summed E-state index contributed by atoms with van der Waals surface area (Å²) in [6.45, 7) is 0. The number of fused-ring (bicyclic) bond motifs is 1. The van der Waals surface area contributed by atoms with Crippen LogP contribution in [0.5, 0.6) is 0 Å². The molecule has 0 saturated carbocycles.